The smallest absolute Gasteiger partial charge is 0.229 e. The van der Waals surface area contributed by atoms with Crippen LogP contribution in [0.15, 0.2) is 33.4 Å². The van der Waals surface area contributed by atoms with Gasteiger partial charge in [-0.25, -0.2) is 0 Å². The minimum absolute atomic E-state index is 0.165. The summed E-state index contributed by atoms with van der Waals surface area (Å²) in [6.07, 6.45) is 0. The van der Waals surface area contributed by atoms with E-state index in [1.165, 1.54) is 12.1 Å². The topological polar surface area (TPSA) is 56.2 Å². The third-order valence-corrected chi connectivity index (χ3v) is 3.32. The Bertz CT molecular complexity index is 595. The van der Waals surface area contributed by atoms with Crippen LogP contribution >= 0.6 is 39.1 Å². The lowest BCUT2D eigenvalue weighted by Crippen LogP contribution is -2.02. The first-order valence-corrected chi connectivity index (χ1v) is 6.08. The number of benzene rings is 1. The van der Waals surface area contributed by atoms with E-state index in [9.17, 15) is 4.79 Å². The highest BCUT2D eigenvalue weighted by Crippen LogP contribution is 2.30. The van der Waals surface area contributed by atoms with Gasteiger partial charge in [-0.2, -0.15) is 0 Å². The summed E-state index contributed by atoms with van der Waals surface area (Å²) >= 11 is 14.9. The van der Waals surface area contributed by atoms with Crippen molar-refractivity contribution < 1.29 is 9.21 Å². The zero-order chi connectivity index (χ0) is 12.6. The summed E-state index contributed by atoms with van der Waals surface area (Å²) in [6.45, 7) is 0. The van der Waals surface area contributed by atoms with E-state index in [-0.39, 0.29) is 27.2 Å². The maximum atomic E-state index is 12.1. The van der Waals surface area contributed by atoms with Crippen molar-refractivity contribution in [2.75, 3.05) is 5.73 Å². The largest absolute Gasteiger partial charge is 0.446 e. The van der Waals surface area contributed by atoms with E-state index < -0.39 is 0 Å². The van der Waals surface area contributed by atoms with Crippen LogP contribution in [0.25, 0.3) is 0 Å². The van der Waals surface area contributed by atoms with Crippen molar-refractivity contribution in [1.29, 1.82) is 0 Å². The number of rotatable bonds is 2. The SMILES string of the molecule is Nc1cc(Cl)c(Cl)c(C(=O)c2ccc(Br)o2)c1. The molecule has 3 nitrogen and oxygen atoms in total. The van der Waals surface area contributed by atoms with Crippen molar-refractivity contribution in [3.05, 3.63) is 50.3 Å². The fraction of sp³-hybridized carbons (Fsp3) is 0. The fourth-order valence-corrected chi connectivity index (χ4v) is 2.07. The number of halogens is 3. The van der Waals surface area contributed by atoms with Gasteiger partial charge in [0.2, 0.25) is 5.78 Å². The fourth-order valence-electron chi connectivity index (χ4n) is 1.34. The molecule has 0 atom stereocenters. The number of ketones is 1. The molecule has 0 unspecified atom stereocenters. The molecule has 2 aromatic rings. The van der Waals surface area contributed by atoms with Gasteiger partial charge in [0.25, 0.3) is 0 Å². The lowest BCUT2D eigenvalue weighted by atomic mass is 10.1. The Balaban J connectivity index is 2.51. The van der Waals surface area contributed by atoms with E-state index in [2.05, 4.69) is 15.9 Å². The summed E-state index contributed by atoms with van der Waals surface area (Å²) < 4.78 is 5.62. The molecule has 1 aromatic heterocycles. The summed E-state index contributed by atoms with van der Waals surface area (Å²) in [5.74, 6) is -0.199. The second-order valence-corrected chi connectivity index (χ2v) is 4.86. The quantitative estimate of drug-likeness (QED) is 0.662. The molecule has 0 aliphatic rings. The third-order valence-electron chi connectivity index (χ3n) is 2.09. The molecule has 0 aliphatic heterocycles. The summed E-state index contributed by atoms with van der Waals surface area (Å²) in [5, 5.41) is 0.402. The van der Waals surface area contributed by atoms with Crippen LogP contribution in [0, 0.1) is 0 Å². The summed E-state index contributed by atoms with van der Waals surface area (Å²) in [5.41, 5.74) is 6.20. The molecular weight excluding hydrogens is 329 g/mol. The maximum Gasteiger partial charge on any atom is 0.229 e. The van der Waals surface area contributed by atoms with Crippen LogP contribution in [0.5, 0.6) is 0 Å². The standard InChI is InChI=1S/C11H6BrCl2NO2/c12-9-2-1-8(17-9)11(16)6-3-5(15)4-7(13)10(6)14/h1-4H,15H2. The van der Waals surface area contributed by atoms with Gasteiger partial charge in [0.05, 0.1) is 10.0 Å². The molecular formula is C11H6BrCl2NO2. The lowest BCUT2D eigenvalue weighted by Gasteiger charge is -2.05. The van der Waals surface area contributed by atoms with Crippen molar-refractivity contribution in [1.82, 2.24) is 0 Å². The average Bonchev–Trinajstić information content (AvgIpc) is 2.69. The molecule has 0 amide bonds. The first kappa shape index (κ1) is 12.5. The number of carbonyl (C=O) groups is 1. The van der Waals surface area contributed by atoms with Gasteiger partial charge in [-0.15, -0.1) is 0 Å². The van der Waals surface area contributed by atoms with Crippen LogP contribution in [-0.4, -0.2) is 5.78 Å². The zero-order valence-electron chi connectivity index (χ0n) is 8.34. The number of nitrogen functional groups attached to an aromatic ring is 1. The first-order valence-electron chi connectivity index (χ1n) is 4.53. The molecule has 17 heavy (non-hydrogen) atoms. The molecule has 2 rings (SSSR count). The number of hydrogen-bond donors (Lipinski definition) is 1. The second-order valence-electron chi connectivity index (χ2n) is 3.30. The van der Waals surface area contributed by atoms with Gasteiger partial charge in [-0.05, 0) is 40.2 Å². The van der Waals surface area contributed by atoms with Gasteiger partial charge in [0, 0.05) is 11.3 Å². The highest BCUT2D eigenvalue weighted by molar-refractivity contribution is 9.10. The molecule has 88 valence electrons. The predicted molar refractivity (Wildman–Crippen MR) is 70.7 cm³/mol. The predicted octanol–water partition coefficient (Wildman–Crippen LogP) is 4.16. The van der Waals surface area contributed by atoms with Crippen LogP contribution < -0.4 is 5.73 Å². The Labute approximate surface area is 116 Å². The van der Waals surface area contributed by atoms with Gasteiger partial charge < -0.3 is 10.2 Å². The van der Waals surface area contributed by atoms with E-state index in [0.717, 1.165) is 0 Å². The number of hydrogen-bond acceptors (Lipinski definition) is 3. The molecule has 0 bridgehead atoms. The molecule has 0 aliphatic carbocycles. The summed E-state index contributed by atoms with van der Waals surface area (Å²) in [4.78, 5) is 12.1. The van der Waals surface area contributed by atoms with Crippen molar-refractivity contribution >= 4 is 50.6 Å². The van der Waals surface area contributed by atoms with Gasteiger partial charge >= 0.3 is 0 Å². The van der Waals surface area contributed by atoms with E-state index in [1.54, 1.807) is 12.1 Å². The highest BCUT2D eigenvalue weighted by Gasteiger charge is 2.18. The monoisotopic (exact) mass is 333 g/mol. The van der Waals surface area contributed by atoms with Crippen LogP contribution in [-0.2, 0) is 0 Å². The molecule has 1 heterocycles. The van der Waals surface area contributed by atoms with Crippen molar-refractivity contribution in [2.45, 2.75) is 0 Å². The van der Waals surface area contributed by atoms with Crippen LogP contribution in [0.2, 0.25) is 10.0 Å². The van der Waals surface area contributed by atoms with Crippen LogP contribution in [0.1, 0.15) is 16.1 Å². The van der Waals surface area contributed by atoms with Gasteiger partial charge in [-0.3, -0.25) is 4.79 Å². The summed E-state index contributed by atoms with van der Waals surface area (Å²) in [7, 11) is 0. The molecule has 1 aromatic carbocycles. The van der Waals surface area contributed by atoms with E-state index in [4.69, 9.17) is 33.4 Å². The third kappa shape index (κ3) is 2.49. The van der Waals surface area contributed by atoms with Crippen molar-refractivity contribution in [2.24, 2.45) is 0 Å². The van der Waals surface area contributed by atoms with Crippen molar-refractivity contribution in [3.63, 3.8) is 0 Å². The van der Waals surface area contributed by atoms with E-state index in [1.807, 2.05) is 0 Å². The Morgan fingerprint density at radius 3 is 2.59 bits per heavy atom. The molecule has 0 saturated carbocycles. The second kappa shape index (κ2) is 4.72. The van der Waals surface area contributed by atoms with Gasteiger partial charge in [-0.1, -0.05) is 23.2 Å². The maximum absolute atomic E-state index is 12.1. The Morgan fingerprint density at radius 1 is 1.29 bits per heavy atom. The molecule has 0 radical (unpaired) electrons. The number of furan rings is 1. The highest BCUT2D eigenvalue weighted by atomic mass is 79.9. The molecule has 0 saturated heterocycles. The number of anilines is 1. The van der Waals surface area contributed by atoms with E-state index in [0.29, 0.717) is 10.4 Å². The zero-order valence-corrected chi connectivity index (χ0v) is 11.4. The molecule has 0 spiro atoms. The first-order chi connectivity index (χ1) is 7.99. The summed E-state index contributed by atoms with van der Waals surface area (Å²) in [6, 6.07) is 6.11. The lowest BCUT2D eigenvalue weighted by molar-refractivity contribution is 0.101. The minimum atomic E-state index is -0.366. The van der Waals surface area contributed by atoms with Crippen LogP contribution in [0.4, 0.5) is 5.69 Å². The molecule has 0 fully saturated rings. The number of nitrogens with two attached hydrogens (primary N) is 1. The number of carbonyl (C=O) groups excluding carboxylic acids is 1. The Kier molecular flexibility index (Phi) is 3.47. The van der Waals surface area contributed by atoms with Crippen LogP contribution in [0.3, 0.4) is 0 Å². The normalized spacial score (nSPS) is 10.5. The minimum Gasteiger partial charge on any atom is -0.446 e. The average molecular weight is 335 g/mol. The van der Waals surface area contributed by atoms with E-state index >= 15 is 0 Å². The molecule has 2 N–H and O–H groups in total. The van der Waals surface area contributed by atoms with Gasteiger partial charge in [0.1, 0.15) is 0 Å². The van der Waals surface area contributed by atoms with Crippen molar-refractivity contribution in [3.8, 4) is 0 Å². The Hall–Kier alpha value is -0.970. The van der Waals surface area contributed by atoms with Gasteiger partial charge in [0.15, 0.2) is 10.4 Å². The Morgan fingerprint density at radius 2 is 2.00 bits per heavy atom. The molecule has 6 heteroatoms.